The van der Waals surface area contributed by atoms with Gasteiger partial charge in [-0.15, -0.1) is 0 Å². The summed E-state index contributed by atoms with van der Waals surface area (Å²) in [5, 5.41) is 15.2. The van der Waals surface area contributed by atoms with Crippen LogP contribution in [0.25, 0.3) is 0 Å². The van der Waals surface area contributed by atoms with Crippen molar-refractivity contribution in [3.05, 3.63) is 53.6 Å². The Labute approximate surface area is 185 Å². The number of aliphatic hydroxyl groups is 1. The number of halogens is 1. The smallest absolute Gasteiger partial charge is 0.257 e. The standard InChI is InChI=1S/C22H24ClN3O5/c23-20(26-8-6-17(27)7-9-26)22(29)25-16-3-1-2-15(11-16)21(28)24-12-14-4-5-18-19(10-14)31-13-30-18/h1-5,10-11,17,20,27H,6-9,12-13H2,(H,24,28)(H,25,29). The van der Waals surface area contributed by atoms with Gasteiger partial charge < -0.3 is 25.2 Å². The van der Waals surface area contributed by atoms with Gasteiger partial charge in [-0.25, -0.2) is 0 Å². The summed E-state index contributed by atoms with van der Waals surface area (Å²) in [6.07, 6.45) is 0.849. The third-order valence-corrected chi connectivity index (χ3v) is 5.79. The normalized spacial score (nSPS) is 17.2. The maximum Gasteiger partial charge on any atom is 0.257 e. The third-order valence-electron chi connectivity index (χ3n) is 5.32. The molecule has 2 aromatic carbocycles. The fourth-order valence-electron chi connectivity index (χ4n) is 3.55. The van der Waals surface area contributed by atoms with E-state index >= 15 is 0 Å². The Morgan fingerprint density at radius 1 is 1.13 bits per heavy atom. The van der Waals surface area contributed by atoms with Gasteiger partial charge in [0.1, 0.15) is 0 Å². The van der Waals surface area contributed by atoms with Crippen molar-refractivity contribution in [1.82, 2.24) is 10.2 Å². The summed E-state index contributed by atoms with van der Waals surface area (Å²) in [5.41, 5.74) is 0.962. The number of benzene rings is 2. The molecule has 164 valence electrons. The van der Waals surface area contributed by atoms with Crippen molar-refractivity contribution < 1.29 is 24.2 Å². The zero-order valence-corrected chi connectivity index (χ0v) is 17.6. The van der Waals surface area contributed by atoms with Crippen LogP contribution >= 0.6 is 11.6 Å². The molecule has 1 fully saturated rings. The van der Waals surface area contributed by atoms with E-state index in [2.05, 4.69) is 10.6 Å². The fraction of sp³-hybridized carbons (Fsp3) is 0.364. The van der Waals surface area contributed by atoms with Crippen molar-refractivity contribution in [2.75, 3.05) is 25.2 Å². The van der Waals surface area contributed by atoms with Crippen LogP contribution in [0.5, 0.6) is 11.5 Å². The maximum absolute atomic E-state index is 12.6. The van der Waals surface area contributed by atoms with E-state index in [0.29, 0.717) is 55.2 Å². The van der Waals surface area contributed by atoms with Gasteiger partial charge in [0.25, 0.3) is 11.8 Å². The Hall–Kier alpha value is -2.81. The van der Waals surface area contributed by atoms with Crippen LogP contribution in [-0.4, -0.2) is 53.3 Å². The SMILES string of the molecule is O=C(NCc1ccc2c(c1)OCO2)c1cccc(NC(=O)C(Cl)N2CCC(O)CC2)c1. The van der Waals surface area contributed by atoms with Crippen molar-refractivity contribution in [3.63, 3.8) is 0 Å². The molecule has 1 saturated heterocycles. The molecule has 1 unspecified atom stereocenters. The average Bonchev–Trinajstić information content (AvgIpc) is 3.25. The van der Waals surface area contributed by atoms with Crippen LogP contribution in [0.3, 0.4) is 0 Å². The van der Waals surface area contributed by atoms with Crippen LogP contribution in [-0.2, 0) is 11.3 Å². The number of aliphatic hydroxyl groups excluding tert-OH is 1. The number of likely N-dealkylation sites (tertiary alicyclic amines) is 1. The second-order valence-corrected chi connectivity index (χ2v) is 7.96. The quantitative estimate of drug-likeness (QED) is 0.466. The minimum absolute atomic E-state index is 0.201. The molecule has 31 heavy (non-hydrogen) atoms. The van der Waals surface area contributed by atoms with Crippen LogP contribution < -0.4 is 20.1 Å². The molecule has 0 saturated carbocycles. The van der Waals surface area contributed by atoms with E-state index in [0.717, 1.165) is 5.56 Å². The van der Waals surface area contributed by atoms with Gasteiger partial charge in [-0.05, 0) is 48.7 Å². The number of hydrogen-bond acceptors (Lipinski definition) is 6. The highest BCUT2D eigenvalue weighted by atomic mass is 35.5. The molecular weight excluding hydrogens is 422 g/mol. The van der Waals surface area contributed by atoms with Crippen LogP contribution in [0, 0.1) is 0 Å². The molecular formula is C22H24ClN3O5. The lowest BCUT2D eigenvalue weighted by Gasteiger charge is -2.32. The van der Waals surface area contributed by atoms with E-state index in [4.69, 9.17) is 21.1 Å². The van der Waals surface area contributed by atoms with E-state index in [9.17, 15) is 14.7 Å². The van der Waals surface area contributed by atoms with E-state index in [1.54, 1.807) is 24.3 Å². The minimum atomic E-state index is -0.837. The summed E-state index contributed by atoms with van der Waals surface area (Å²) in [7, 11) is 0. The first-order chi connectivity index (χ1) is 15.0. The first kappa shape index (κ1) is 21.4. The maximum atomic E-state index is 12.6. The number of hydrogen-bond donors (Lipinski definition) is 3. The molecule has 0 bridgehead atoms. The van der Waals surface area contributed by atoms with E-state index in [1.807, 2.05) is 23.1 Å². The molecule has 3 N–H and O–H groups in total. The van der Waals surface area contributed by atoms with Crippen molar-refractivity contribution in [2.45, 2.75) is 31.0 Å². The number of fused-ring (bicyclic) bond motifs is 1. The van der Waals surface area contributed by atoms with Crippen molar-refractivity contribution in [2.24, 2.45) is 0 Å². The van der Waals surface area contributed by atoms with Gasteiger partial charge in [0.15, 0.2) is 17.0 Å². The van der Waals surface area contributed by atoms with Gasteiger partial charge in [-0.2, -0.15) is 0 Å². The number of amides is 2. The minimum Gasteiger partial charge on any atom is -0.454 e. The number of carbonyl (C=O) groups is 2. The summed E-state index contributed by atoms with van der Waals surface area (Å²) in [6.45, 7) is 1.65. The van der Waals surface area contributed by atoms with Crippen LogP contribution in [0.15, 0.2) is 42.5 Å². The summed E-state index contributed by atoms with van der Waals surface area (Å²) < 4.78 is 10.6. The lowest BCUT2D eigenvalue weighted by Crippen LogP contribution is -2.45. The molecule has 8 nitrogen and oxygen atoms in total. The molecule has 9 heteroatoms. The monoisotopic (exact) mass is 445 g/mol. The molecule has 2 heterocycles. The first-order valence-electron chi connectivity index (χ1n) is 10.1. The molecule has 4 rings (SSSR count). The second-order valence-electron chi connectivity index (χ2n) is 7.54. The zero-order chi connectivity index (χ0) is 21.8. The number of nitrogens with one attached hydrogen (secondary N) is 2. The van der Waals surface area contributed by atoms with Crippen molar-refractivity contribution in [1.29, 1.82) is 0 Å². The lowest BCUT2D eigenvalue weighted by atomic mass is 10.1. The Morgan fingerprint density at radius 3 is 2.71 bits per heavy atom. The first-order valence-corrected chi connectivity index (χ1v) is 10.6. The number of piperidine rings is 1. The summed E-state index contributed by atoms with van der Waals surface area (Å²) >= 11 is 6.30. The Kier molecular flexibility index (Phi) is 6.60. The molecule has 2 aromatic rings. The number of anilines is 1. The fourth-order valence-corrected chi connectivity index (χ4v) is 3.80. The summed E-state index contributed by atoms with van der Waals surface area (Å²) in [6, 6.07) is 12.2. The predicted molar refractivity (Wildman–Crippen MR) is 115 cm³/mol. The molecule has 0 aromatic heterocycles. The van der Waals surface area contributed by atoms with Gasteiger partial charge in [0.05, 0.1) is 6.10 Å². The Bertz CT molecular complexity index is 962. The average molecular weight is 446 g/mol. The second kappa shape index (κ2) is 9.55. The zero-order valence-electron chi connectivity index (χ0n) is 16.8. The molecule has 0 aliphatic carbocycles. The van der Waals surface area contributed by atoms with Gasteiger partial charge in [0.2, 0.25) is 6.79 Å². The van der Waals surface area contributed by atoms with Crippen LogP contribution in [0.1, 0.15) is 28.8 Å². The summed E-state index contributed by atoms with van der Waals surface area (Å²) in [4.78, 5) is 26.9. The molecule has 2 aliphatic rings. The number of nitrogens with zero attached hydrogens (tertiary/aromatic N) is 1. The van der Waals surface area contributed by atoms with Gasteiger partial charge in [-0.1, -0.05) is 23.7 Å². The van der Waals surface area contributed by atoms with Gasteiger partial charge >= 0.3 is 0 Å². The van der Waals surface area contributed by atoms with Crippen molar-refractivity contribution in [3.8, 4) is 11.5 Å². The lowest BCUT2D eigenvalue weighted by molar-refractivity contribution is -0.119. The molecule has 0 radical (unpaired) electrons. The number of carbonyl (C=O) groups excluding carboxylic acids is 2. The molecule has 2 aliphatic heterocycles. The van der Waals surface area contributed by atoms with Gasteiger partial charge in [-0.3, -0.25) is 14.5 Å². The van der Waals surface area contributed by atoms with E-state index in [1.165, 1.54) is 0 Å². The predicted octanol–water partition coefficient (Wildman–Crippen LogP) is 2.31. The largest absolute Gasteiger partial charge is 0.454 e. The van der Waals surface area contributed by atoms with Crippen molar-refractivity contribution >= 4 is 29.1 Å². The molecule has 0 spiro atoms. The number of alkyl halides is 1. The highest BCUT2D eigenvalue weighted by Gasteiger charge is 2.27. The third kappa shape index (κ3) is 5.28. The van der Waals surface area contributed by atoms with Crippen LogP contribution in [0.4, 0.5) is 5.69 Å². The topological polar surface area (TPSA) is 100 Å². The molecule has 2 amide bonds. The highest BCUT2D eigenvalue weighted by molar-refractivity contribution is 6.32. The number of rotatable bonds is 6. The highest BCUT2D eigenvalue weighted by Crippen LogP contribution is 2.32. The van der Waals surface area contributed by atoms with E-state index in [-0.39, 0.29) is 24.7 Å². The van der Waals surface area contributed by atoms with Gasteiger partial charge in [0, 0.05) is 30.9 Å². The van der Waals surface area contributed by atoms with Crippen LogP contribution in [0.2, 0.25) is 0 Å². The Balaban J connectivity index is 1.33. The Morgan fingerprint density at radius 2 is 1.90 bits per heavy atom. The van der Waals surface area contributed by atoms with E-state index < -0.39 is 5.50 Å². The molecule has 1 atom stereocenters. The number of ether oxygens (including phenoxy) is 2. The summed E-state index contributed by atoms with van der Waals surface area (Å²) in [5.74, 6) is 0.726.